The van der Waals surface area contributed by atoms with Crippen LogP contribution in [-0.2, 0) is 4.74 Å². The predicted octanol–water partition coefficient (Wildman–Crippen LogP) is -1.20. The van der Waals surface area contributed by atoms with Crippen LogP contribution >= 0.6 is 0 Å². The normalized spacial score (nSPS) is 41.3. The van der Waals surface area contributed by atoms with Crippen LogP contribution < -0.4 is 0 Å². The van der Waals surface area contributed by atoms with Crippen LogP contribution in [0.3, 0.4) is 0 Å². The molecule has 0 bridgehead atoms. The van der Waals surface area contributed by atoms with Crippen molar-refractivity contribution in [2.45, 2.75) is 24.9 Å². The Morgan fingerprint density at radius 2 is 1.89 bits per heavy atom. The van der Waals surface area contributed by atoms with Gasteiger partial charge in [0.2, 0.25) is 11.6 Å². The van der Waals surface area contributed by atoms with Crippen LogP contribution in [0.15, 0.2) is 0 Å². The number of hydrogen-bond acceptors (Lipinski definition) is 4. The van der Waals surface area contributed by atoms with E-state index in [4.69, 9.17) is 15.3 Å². The molecule has 0 aromatic carbocycles. The number of rotatable bonds is 0. The highest BCUT2D eigenvalue weighted by atomic mass is 16.7. The maximum absolute atomic E-state index is 9.00. The molecule has 1 aliphatic rings. The molecule has 1 rings (SSSR count). The minimum atomic E-state index is -2.08. The van der Waals surface area contributed by atoms with Gasteiger partial charge < -0.3 is 20.1 Å². The summed E-state index contributed by atoms with van der Waals surface area (Å²) in [6.45, 7) is 1.40. The molecule has 0 saturated carbocycles. The lowest BCUT2D eigenvalue weighted by Gasteiger charge is -2.27. The third kappa shape index (κ3) is 0.943. The first-order chi connectivity index (χ1) is 3.96. The molecule has 0 aromatic rings. The molecule has 4 nitrogen and oxygen atoms in total. The van der Waals surface area contributed by atoms with Gasteiger partial charge in [0, 0.05) is 6.42 Å². The molecule has 1 aliphatic heterocycles. The number of ether oxygens (including phenoxy) is 1. The zero-order chi connectivity index (χ0) is 7.12. The van der Waals surface area contributed by atoms with Crippen LogP contribution in [0.1, 0.15) is 13.3 Å². The molecule has 0 aromatic heterocycles. The fraction of sp³-hybridized carbons (Fsp3) is 1.00. The maximum atomic E-state index is 9.00. The van der Waals surface area contributed by atoms with Gasteiger partial charge >= 0.3 is 0 Å². The zero-order valence-electron chi connectivity index (χ0n) is 5.16. The molecule has 1 saturated heterocycles. The van der Waals surface area contributed by atoms with E-state index < -0.39 is 11.6 Å². The lowest BCUT2D eigenvalue weighted by Crippen LogP contribution is -2.48. The Labute approximate surface area is 52.7 Å². The smallest absolute Gasteiger partial charge is 0.220 e. The Bertz CT molecular complexity index is 104. The first-order valence-electron chi connectivity index (χ1n) is 2.77. The molecule has 9 heavy (non-hydrogen) atoms. The van der Waals surface area contributed by atoms with Crippen molar-refractivity contribution in [3.05, 3.63) is 0 Å². The van der Waals surface area contributed by atoms with Crippen LogP contribution in [0.4, 0.5) is 0 Å². The highest BCUT2D eigenvalue weighted by Gasteiger charge is 2.50. The van der Waals surface area contributed by atoms with Crippen LogP contribution in [0, 0.1) is 0 Å². The fourth-order valence-corrected chi connectivity index (χ4v) is 0.740. The van der Waals surface area contributed by atoms with E-state index in [9.17, 15) is 0 Å². The van der Waals surface area contributed by atoms with Gasteiger partial charge in [-0.25, -0.2) is 0 Å². The van der Waals surface area contributed by atoms with E-state index in [1.54, 1.807) is 0 Å². The molecule has 1 atom stereocenters. The zero-order valence-corrected chi connectivity index (χ0v) is 5.16. The first kappa shape index (κ1) is 6.95. The van der Waals surface area contributed by atoms with E-state index in [0.717, 1.165) is 0 Å². The van der Waals surface area contributed by atoms with E-state index in [1.807, 2.05) is 0 Å². The predicted molar refractivity (Wildman–Crippen MR) is 28.4 cm³/mol. The second-order valence-electron chi connectivity index (χ2n) is 2.40. The third-order valence-corrected chi connectivity index (χ3v) is 1.58. The summed E-state index contributed by atoms with van der Waals surface area (Å²) in [4.78, 5) is 0. The summed E-state index contributed by atoms with van der Waals surface area (Å²) in [6.07, 6.45) is 0.0556. The average molecular weight is 134 g/mol. The van der Waals surface area contributed by atoms with E-state index >= 15 is 0 Å². The van der Waals surface area contributed by atoms with Crippen molar-refractivity contribution in [2.75, 3.05) is 6.61 Å². The van der Waals surface area contributed by atoms with Crippen LogP contribution in [-0.4, -0.2) is 33.5 Å². The van der Waals surface area contributed by atoms with Crippen molar-refractivity contribution in [3.63, 3.8) is 0 Å². The van der Waals surface area contributed by atoms with Gasteiger partial charge in [0.1, 0.15) is 0 Å². The third-order valence-electron chi connectivity index (χ3n) is 1.58. The lowest BCUT2D eigenvalue weighted by molar-refractivity contribution is -0.320. The lowest BCUT2D eigenvalue weighted by atomic mass is 10.1. The Hall–Kier alpha value is -0.160. The topological polar surface area (TPSA) is 69.9 Å². The highest BCUT2D eigenvalue weighted by molar-refractivity contribution is 4.84. The van der Waals surface area contributed by atoms with Crippen LogP contribution in [0.2, 0.25) is 0 Å². The monoisotopic (exact) mass is 134 g/mol. The maximum Gasteiger partial charge on any atom is 0.220 e. The van der Waals surface area contributed by atoms with Gasteiger partial charge in [-0.15, -0.1) is 0 Å². The SMILES string of the molecule is C[C@]1(O)OCCC1(O)O. The van der Waals surface area contributed by atoms with Gasteiger partial charge in [0.25, 0.3) is 0 Å². The Morgan fingerprint density at radius 1 is 1.33 bits per heavy atom. The van der Waals surface area contributed by atoms with Crippen LogP contribution in [0.5, 0.6) is 0 Å². The fourth-order valence-electron chi connectivity index (χ4n) is 0.740. The van der Waals surface area contributed by atoms with Crippen molar-refractivity contribution in [3.8, 4) is 0 Å². The number of hydrogen-bond donors (Lipinski definition) is 3. The molecule has 54 valence electrons. The largest absolute Gasteiger partial charge is 0.362 e. The minimum Gasteiger partial charge on any atom is -0.362 e. The quantitative estimate of drug-likeness (QED) is 0.364. The molecule has 3 N–H and O–H groups in total. The van der Waals surface area contributed by atoms with Crippen molar-refractivity contribution < 1.29 is 20.1 Å². The number of aliphatic hydroxyl groups is 3. The summed E-state index contributed by atoms with van der Waals surface area (Å²) in [5.41, 5.74) is 0. The summed E-state index contributed by atoms with van der Waals surface area (Å²) in [5.74, 6) is -3.87. The van der Waals surface area contributed by atoms with Crippen molar-refractivity contribution >= 4 is 0 Å². The summed E-state index contributed by atoms with van der Waals surface area (Å²) in [7, 11) is 0. The van der Waals surface area contributed by atoms with Gasteiger partial charge in [-0.05, 0) is 6.92 Å². The van der Waals surface area contributed by atoms with E-state index in [2.05, 4.69) is 4.74 Å². The molecular weight excluding hydrogens is 124 g/mol. The van der Waals surface area contributed by atoms with Gasteiger partial charge in [-0.1, -0.05) is 0 Å². The van der Waals surface area contributed by atoms with Crippen molar-refractivity contribution in [1.82, 2.24) is 0 Å². The highest BCUT2D eigenvalue weighted by Crippen LogP contribution is 2.30. The second kappa shape index (κ2) is 1.67. The summed E-state index contributed by atoms with van der Waals surface area (Å²) in [6, 6.07) is 0. The molecule has 0 spiro atoms. The Kier molecular flexibility index (Phi) is 1.29. The average Bonchev–Trinajstić information content (AvgIpc) is 1.81. The van der Waals surface area contributed by atoms with Crippen molar-refractivity contribution in [2.24, 2.45) is 0 Å². The molecule has 0 unspecified atom stereocenters. The van der Waals surface area contributed by atoms with Gasteiger partial charge in [0.05, 0.1) is 6.61 Å². The van der Waals surface area contributed by atoms with Crippen LogP contribution in [0.25, 0.3) is 0 Å². The molecule has 1 heterocycles. The van der Waals surface area contributed by atoms with E-state index in [-0.39, 0.29) is 13.0 Å². The second-order valence-corrected chi connectivity index (χ2v) is 2.40. The minimum absolute atomic E-state index is 0.0556. The first-order valence-corrected chi connectivity index (χ1v) is 2.77. The molecule has 4 heteroatoms. The summed E-state index contributed by atoms with van der Waals surface area (Å²) < 4.78 is 4.61. The van der Waals surface area contributed by atoms with Gasteiger partial charge in [0.15, 0.2) is 0 Å². The Balaban J connectivity index is 2.75. The van der Waals surface area contributed by atoms with Gasteiger partial charge in [-0.2, -0.15) is 0 Å². The Morgan fingerprint density at radius 3 is 2.00 bits per heavy atom. The van der Waals surface area contributed by atoms with E-state index in [0.29, 0.717) is 0 Å². The van der Waals surface area contributed by atoms with Crippen molar-refractivity contribution in [1.29, 1.82) is 0 Å². The standard InChI is InChI=1S/C5H10O4/c1-4(6)5(7,8)2-3-9-4/h6-8H,2-3H2,1H3/t4-/m0/s1. The molecule has 0 aliphatic carbocycles. The summed E-state index contributed by atoms with van der Waals surface area (Å²) in [5, 5.41) is 26.8. The molecular formula is C5H10O4. The molecule has 0 radical (unpaired) electrons. The molecule has 1 fully saturated rings. The van der Waals surface area contributed by atoms with E-state index in [1.165, 1.54) is 6.92 Å². The molecule has 0 amide bonds. The summed E-state index contributed by atoms with van der Waals surface area (Å²) >= 11 is 0. The van der Waals surface area contributed by atoms with Gasteiger partial charge in [-0.3, -0.25) is 0 Å².